The Hall–Kier alpha value is -1.95. The molecular weight excluding hydrogens is 256 g/mol. The lowest BCUT2D eigenvalue weighted by atomic mass is 10.2. The smallest absolute Gasteiger partial charge is 0.265 e. The number of hydrogen-bond acceptors (Lipinski definition) is 3. The highest BCUT2D eigenvalue weighted by Gasteiger charge is 2.17. The first kappa shape index (κ1) is 15.1. The van der Waals surface area contributed by atoms with Crippen molar-refractivity contribution in [3.05, 3.63) is 42.5 Å². The first-order chi connectivity index (χ1) is 9.04. The molecule has 0 spiro atoms. The second kappa shape index (κ2) is 7.48. The number of carbonyl (C=O) groups is 1. The summed E-state index contributed by atoms with van der Waals surface area (Å²) in [5.74, 6) is 0.0408. The van der Waals surface area contributed by atoms with Gasteiger partial charge in [-0.1, -0.05) is 12.7 Å². The summed E-state index contributed by atoms with van der Waals surface area (Å²) in [5.41, 5.74) is 0.299. The average molecular weight is 271 g/mol. The summed E-state index contributed by atoms with van der Waals surface area (Å²) in [6.45, 7) is 3.36. The summed E-state index contributed by atoms with van der Waals surface area (Å²) in [7, 11) is 0. The third-order valence-corrected chi connectivity index (χ3v) is 2.25. The quantitative estimate of drug-likeness (QED) is 0.741. The van der Waals surface area contributed by atoms with Gasteiger partial charge in [0.1, 0.15) is 18.5 Å². The molecule has 1 unspecified atom stereocenters. The lowest BCUT2D eigenvalue weighted by Crippen LogP contribution is -2.35. The van der Waals surface area contributed by atoms with Crippen molar-refractivity contribution in [2.24, 2.45) is 0 Å². The van der Waals surface area contributed by atoms with Crippen LogP contribution < -0.4 is 10.1 Å². The molecule has 0 saturated heterocycles. The normalized spacial score (nSPS) is 12.0. The molecule has 0 aliphatic carbocycles. The zero-order valence-corrected chi connectivity index (χ0v) is 10.2. The Morgan fingerprint density at radius 3 is 2.58 bits per heavy atom. The monoisotopic (exact) mass is 271 g/mol. The molecule has 0 aliphatic heterocycles. The number of benzene rings is 1. The van der Waals surface area contributed by atoms with Crippen molar-refractivity contribution in [2.75, 3.05) is 13.2 Å². The van der Waals surface area contributed by atoms with Crippen molar-refractivity contribution in [3.63, 3.8) is 0 Å². The van der Waals surface area contributed by atoms with Gasteiger partial charge in [0.25, 0.3) is 12.3 Å². The number of rotatable bonds is 7. The highest BCUT2D eigenvalue weighted by atomic mass is 19.3. The predicted octanol–water partition coefficient (Wildman–Crippen LogP) is 1.61. The van der Waals surface area contributed by atoms with E-state index in [2.05, 4.69) is 11.9 Å². The largest absolute Gasteiger partial charge is 0.490 e. The van der Waals surface area contributed by atoms with Gasteiger partial charge in [-0.05, 0) is 24.3 Å². The molecule has 4 nitrogen and oxygen atoms in total. The Morgan fingerprint density at radius 1 is 1.42 bits per heavy atom. The minimum absolute atomic E-state index is 0.299. The highest BCUT2D eigenvalue weighted by Crippen LogP contribution is 2.12. The lowest BCUT2D eigenvalue weighted by molar-refractivity contribution is -0.00270. The van der Waals surface area contributed by atoms with Crippen molar-refractivity contribution in [1.29, 1.82) is 0 Å². The fourth-order valence-electron chi connectivity index (χ4n) is 1.25. The summed E-state index contributed by atoms with van der Waals surface area (Å²) >= 11 is 0. The lowest BCUT2D eigenvalue weighted by Gasteiger charge is -2.11. The van der Waals surface area contributed by atoms with Crippen LogP contribution >= 0.6 is 0 Å². The molecule has 0 heterocycles. The SMILES string of the molecule is C=CCOc1ccc(C(=O)NCC(O)C(F)F)cc1. The molecule has 19 heavy (non-hydrogen) atoms. The minimum Gasteiger partial charge on any atom is -0.490 e. The molecule has 1 rings (SSSR count). The highest BCUT2D eigenvalue weighted by molar-refractivity contribution is 5.94. The summed E-state index contributed by atoms with van der Waals surface area (Å²) in [5, 5.41) is 11.1. The van der Waals surface area contributed by atoms with Crippen LogP contribution in [0.15, 0.2) is 36.9 Å². The van der Waals surface area contributed by atoms with Gasteiger partial charge in [0.05, 0.1) is 0 Å². The molecule has 0 radical (unpaired) electrons. The number of alkyl halides is 2. The fraction of sp³-hybridized carbons (Fsp3) is 0.308. The number of aliphatic hydroxyl groups excluding tert-OH is 1. The maximum atomic E-state index is 12.0. The van der Waals surface area contributed by atoms with Crippen molar-refractivity contribution < 1.29 is 23.4 Å². The number of halogens is 2. The van der Waals surface area contributed by atoms with Crippen LogP contribution in [0.5, 0.6) is 5.75 Å². The van der Waals surface area contributed by atoms with Crippen molar-refractivity contribution in [3.8, 4) is 5.75 Å². The van der Waals surface area contributed by atoms with Gasteiger partial charge < -0.3 is 15.2 Å². The molecule has 0 aromatic heterocycles. The second-order valence-corrected chi connectivity index (χ2v) is 3.74. The third kappa shape index (κ3) is 5.05. The molecule has 104 valence electrons. The number of hydrogen-bond donors (Lipinski definition) is 2. The maximum absolute atomic E-state index is 12.0. The zero-order chi connectivity index (χ0) is 14.3. The summed E-state index contributed by atoms with van der Waals surface area (Å²) < 4.78 is 29.3. The predicted molar refractivity (Wildman–Crippen MR) is 66.5 cm³/mol. The molecule has 6 heteroatoms. The minimum atomic E-state index is -2.88. The Balaban J connectivity index is 2.51. The van der Waals surface area contributed by atoms with Crippen LogP contribution in [0.4, 0.5) is 8.78 Å². The van der Waals surface area contributed by atoms with Gasteiger partial charge in [0, 0.05) is 12.1 Å². The van der Waals surface area contributed by atoms with E-state index in [4.69, 9.17) is 9.84 Å². The fourth-order valence-corrected chi connectivity index (χ4v) is 1.25. The van der Waals surface area contributed by atoms with Crippen LogP contribution in [-0.2, 0) is 0 Å². The van der Waals surface area contributed by atoms with E-state index in [9.17, 15) is 13.6 Å². The van der Waals surface area contributed by atoms with Gasteiger partial charge in [-0.2, -0.15) is 0 Å². The van der Waals surface area contributed by atoms with E-state index in [1.54, 1.807) is 18.2 Å². The Kier molecular flexibility index (Phi) is 5.95. The molecule has 2 N–H and O–H groups in total. The van der Waals surface area contributed by atoms with Crippen LogP contribution in [0.3, 0.4) is 0 Å². The Morgan fingerprint density at radius 2 is 2.05 bits per heavy atom. The van der Waals surface area contributed by atoms with Crippen LogP contribution in [0.25, 0.3) is 0 Å². The molecule has 1 aromatic carbocycles. The molecule has 1 atom stereocenters. The van der Waals surface area contributed by atoms with E-state index in [0.29, 0.717) is 17.9 Å². The van der Waals surface area contributed by atoms with E-state index in [1.807, 2.05) is 0 Å². The maximum Gasteiger partial charge on any atom is 0.265 e. The van der Waals surface area contributed by atoms with Gasteiger partial charge in [0.15, 0.2) is 0 Å². The van der Waals surface area contributed by atoms with E-state index in [-0.39, 0.29) is 0 Å². The molecule has 0 bridgehead atoms. The number of ether oxygens (including phenoxy) is 1. The van der Waals surface area contributed by atoms with Crippen LogP contribution in [0.1, 0.15) is 10.4 Å². The second-order valence-electron chi connectivity index (χ2n) is 3.74. The van der Waals surface area contributed by atoms with Crippen molar-refractivity contribution in [1.82, 2.24) is 5.32 Å². The van der Waals surface area contributed by atoms with Crippen molar-refractivity contribution >= 4 is 5.91 Å². The molecular formula is C13H15F2NO3. The van der Waals surface area contributed by atoms with Crippen LogP contribution in [0.2, 0.25) is 0 Å². The molecule has 1 amide bonds. The first-order valence-electron chi connectivity index (χ1n) is 5.62. The Bertz CT molecular complexity index is 420. The van der Waals surface area contributed by atoms with E-state index >= 15 is 0 Å². The Labute approximate surface area is 109 Å². The van der Waals surface area contributed by atoms with Crippen LogP contribution in [-0.4, -0.2) is 36.7 Å². The van der Waals surface area contributed by atoms with Gasteiger partial charge >= 0.3 is 0 Å². The molecule has 0 aliphatic rings. The zero-order valence-electron chi connectivity index (χ0n) is 10.2. The topological polar surface area (TPSA) is 58.6 Å². The number of aliphatic hydroxyl groups is 1. The van der Waals surface area contributed by atoms with Gasteiger partial charge in [-0.15, -0.1) is 0 Å². The average Bonchev–Trinajstić information content (AvgIpc) is 2.42. The van der Waals surface area contributed by atoms with E-state index < -0.39 is 25.0 Å². The van der Waals surface area contributed by atoms with E-state index in [1.165, 1.54) is 12.1 Å². The van der Waals surface area contributed by atoms with Gasteiger partial charge in [-0.3, -0.25) is 4.79 Å². The third-order valence-electron chi connectivity index (χ3n) is 2.25. The van der Waals surface area contributed by atoms with Crippen LogP contribution in [0, 0.1) is 0 Å². The first-order valence-corrected chi connectivity index (χ1v) is 5.62. The number of nitrogens with one attached hydrogen (secondary N) is 1. The summed E-state index contributed by atoms with van der Waals surface area (Å²) in [6, 6.07) is 6.18. The molecule has 0 fully saturated rings. The van der Waals surface area contributed by atoms with Gasteiger partial charge in [0.2, 0.25) is 0 Å². The van der Waals surface area contributed by atoms with E-state index in [0.717, 1.165) is 0 Å². The molecule has 0 saturated carbocycles. The van der Waals surface area contributed by atoms with Gasteiger partial charge in [-0.25, -0.2) is 8.78 Å². The standard InChI is InChI=1S/C13H15F2NO3/c1-2-7-19-10-5-3-9(4-6-10)13(18)16-8-11(17)12(14)15/h2-6,11-12,17H,1,7-8H2,(H,16,18). The summed E-state index contributed by atoms with van der Waals surface area (Å²) in [4.78, 5) is 11.6. The number of amides is 1. The summed E-state index contributed by atoms with van der Waals surface area (Å²) in [6.07, 6.45) is -3.15. The van der Waals surface area contributed by atoms with Crippen molar-refractivity contribution in [2.45, 2.75) is 12.5 Å². The molecule has 1 aromatic rings. The number of carbonyl (C=O) groups excluding carboxylic acids is 1.